The summed E-state index contributed by atoms with van der Waals surface area (Å²) < 4.78 is 0. The van der Waals surface area contributed by atoms with E-state index < -0.39 is 0 Å². The lowest BCUT2D eigenvalue weighted by Crippen LogP contribution is -2.11. The number of rotatable bonds is 9. The fourth-order valence-corrected chi connectivity index (χ4v) is 2.27. The summed E-state index contributed by atoms with van der Waals surface area (Å²) in [6, 6.07) is 10.1. The Bertz CT molecular complexity index is 353. The molecule has 0 aliphatic heterocycles. The number of Topliss-reactive ketones (excluding diaryl/α,β-unsaturated/α-hetero) is 1. The predicted molar refractivity (Wildman–Crippen MR) is 77.8 cm³/mol. The second-order valence-corrected chi connectivity index (χ2v) is 4.73. The highest BCUT2D eigenvalue weighted by Gasteiger charge is 2.17. The molecule has 1 rings (SSSR count). The lowest BCUT2D eigenvalue weighted by atomic mass is 9.89. The van der Waals surface area contributed by atoms with Crippen LogP contribution in [0, 0.1) is 0 Å². The molecule has 0 amide bonds. The number of unbranched alkanes of at least 4 members (excludes halogenated alkanes) is 3. The third-order valence-corrected chi connectivity index (χ3v) is 3.33. The van der Waals surface area contributed by atoms with E-state index in [4.69, 9.17) is 0 Å². The summed E-state index contributed by atoms with van der Waals surface area (Å²) in [5.74, 6) is 0.480. The van der Waals surface area contributed by atoms with E-state index in [1.807, 2.05) is 24.3 Å². The molecule has 0 saturated carbocycles. The summed E-state index contributed by atoms with van der Waals surface area (Å²) in [4.78, 5) is 12.2. The third-order valence-electron chi connectivity index (χ3n) is 3.33. The second kappa shape index (κ2) is 8.68. The van der Waals surface area contributed by atoms with Gasteiger partial charge in [0.15, 0.2) is 0 Å². The highest BCUT2D eigenvalue weighted by molar-refractivity contribution is 5.85. The second-order valence-electron chi connectivity index (χ2n) is 4.73. The van der Waals surface area contributed by atoms with Crippen LogP contribution in [0.3, 0.4) is 0 Å². The van der Waals surface area contributed by atoms with E-state index in [-0.39, 0.29) is 5.92 Å². The van der Waals surface area contributed by atoms with Crippen molar-refractivity contribution in [2.24, 2.45) is 0 Å². The Morgan fingerprint density at radius 1 is 1.22 bits per heavy atom. The molecule has 18 heavy (non-hydrogen) atoms. The first kappa shape index (κ1) is 14.7. The number of benzene rings is 1. The van der Waals surface area contributed by atoms with E-state index in [0.29, 0.717) is 12.2 Å². The zero-order chi connectivity index (χ0) is 13.2. The van der Waals surface area contributed by atoms with Crippen molar-refractivity contribution in [3.8, 4) is 0 Å². The number of carbonyl (C=O) groups is 1. The minimum atomic E-state index is 0.0885. The van der Waals surface area contributed by atoms with Gasteiger partial charge in [0.1, 0.15) is 5.78 Å². The first-order chi connectivity index (χ1) is 8.79. The largest absolute Gasteiger partial charge is 0.299 e. The summed E-state index contributed by atoms with van der Waals surface area (Å²) in [6.07, 6.45) is 7.91. The van der Waals surface area contributed by atoms with Crippen LogP contribution in [0.2, 0.25) is 0 Å². The Hall–Kier alpha value is -1.37. The van der Waals surface area contributed by atoms with Crippen LogP contribution < -0.4 is 0 Å². The normalized spacial score (nSPS) is 12.1. The van der Waals surface area contributed by atoms with Gasteiger partial charge in [0.25, 0.3) is 0 Å². The molecule has 0 spiro atoms. The number of allylic oxidation sites excluding steroid dienone is 1. The highest BCUT2D eigenvalue weighted by Crippen LogP contribution is 2.22. The summed E-state index contributed by atoms with van der Waals surface area (Å²) in [6.45, 7) is 5.80. The maximum Gasteiger partial charge on any atom is 0.140 e. The van der Waals surface area contributed by atoms with Gasteiger partial charge in [0.2, 0.25) is 0 Å². The van der Waals surface area contributed by atoms with Gasteiger partial charge in [0, 0.05) is 12.3 Å². The minimum Gasteiger partial charge on any atom is -0.299 e. The van der Waals surface area contributed by atoms with Crippen LogP contribution >= 0.6 is 0 Å². The number of ketones is 1. The molecule has 98 valence electrons. The molecule has 0 aliphatic carbocycles. The lowest BCUT2D eigenvalue weighted by molar-refractivity contribution is -0.120. The van der Waals surface area contributed by atoms with Gasteiger partial charge in [-0.3, -0.25) is 4.79 Å². The van der Waals surface area contributed by atoms with Crippen molar-refractivity contribution in [2.45, 2.75) is 51.4 Å². The van der Waals surface area contributed by atoms with Crippen molar-refractivity contribution in [3.05, 3.63) is 48.6 Å². The van der Waals surface area contributed by atoms with Crippen LogP contribution in [-0.4, -0.2) is 5.78 Å². The maximum atomic E-state index is 12.2. The van der Waals surface area contributed by atoms with E-state index in [0.717, 1.165) is 37.7 Å². The molecule has 1 aromatic carbocycles. The van der Waals surface area contributed by atoms with E-state index in [9.17, 15) is 4.79 Å². The van der Waals surface area contributed by atoms with Crippen molar-refractivity contribution >= 4 is 5.78 Å². The molecule has 1 aromatic rings. The Labute approximate surface area is 111 Å². The Morgan fingerprint density at radius 2 is 1.94 bits per heavy atom. The molecule has 0 aliphatic rings. The van der Waals surface area contributed by atoms with Crippen molar-refractivity contribution < 1.29 is 4.79 Å². The molecule has 1 nitrogen and oxygen atoms in total. The van der Waals surface area contributed by atoms with Gasteiger partial charge in [-0.2, -0.15) is 0 Å². The average molecular weight is 244 g/mol. The molecular formula is C17H24O. The molecule has 1 unspecified atom stereocenters. The van der Waals surface area contributed by atoms with E-state index >= 15 is 0 Å². The zero-order valence-corrected chi connectivity index (χ0v) is 11.4. The van der Waals surface area contributed by atoms with Crippen LogP contribution in [0.15, 0.2) is 43.0 Å². The SMILES string of the molecule is C=CCCCCCC(=O)C(CC)c1ccccc1. The maximum absolute atomic E-state index is 12.2. The summed E-state index contributed by atoms with van der Waals surface area (Å²) in [7, 11) is 0. The van der Waals surface area contributed by atoms with Gasteiger partial charge in [-0.15, -0.1) is 6.58 Å². The first-order valence-corrected chi connectivity index (χ1v) is 6.98. The molecule has 0 aromatic heterocycles. The number of carbonyl (C=O) groups excluding carboxylic acids is 1. The summed E-state index contributed by atoms with van der Waals surface area (Å²) in [5.41, 5.74) is 1.16. The molecule has 0 N–H and O–H groups in total. The third kappa shape index (κ3) is 4.87. The van der Waals surface area contributed by atoms with Crippen LogP contribution in [0.1, 0.15) is 56.9 Å². The molecule has 0 fully saturated rings. The quantitative estimate of drug-likeness (QED) is 0.446. The molecule has 1 heteroatoms. The average Bonchev–Trinajstić information content (AvgIpc) is 2.40. The van der Waals surface area contributed by atoms with E-state index in [2.05, 4.69) is 25.6 Å². The Morgan fingerprint density at radius 3 is 2.56 bits per heavy atom. The van der Waals surface area contributed by atoms with Crippen molar-refractivity contribution in [2.75, 3.05) is 0 Å². The fourth-order valence-electron chi connectivity index (χ4n) is 2.27. The van der Waals surface area contributed by atoms with E-state index in [1.54, 1.807) is 0 Å². The van der Waals surface area contributed by atoms with Gasteiger partial charge >= 0.3 is 0 Å². The smallest absolute Gasteiger partial charge is 0.140 e. The fraction of sp³-hybridized carbons (Fsp3) is 0.471. The standard InChI is InChI=1S/C17H24O/c1-3-5-6-7-11-14-17(18)16(4-2)15-12-9-8-10-13-15/h3,8-10,12-13,16H,1,4-7,11,14H2,2H3. The van der Waals surface area contributed by atoms with E-state index in [1.165, 1.54) is 0 Å². The van der Waals surface area contributed by atoms with Gasteiger partial charge < -0.3 is 0 Å². The molecule has 0 heterocycles. The van der Waals surface area contributed by atoms with Gasteiger partial charge in [-0.25, -0.2) is 0 Å². The lowest BCUT2D eigenvalue weighted by Gasteiger charge is -2.13. The molecule has 0 bridgehead atoms. The van der Waals surface area contributed by atoms with Gasteiger partial charge in [-0.1, -0.05) is 49.8 Å². The van der Waals surface area contributed by atoms with Gasteiger partial charge in [-0.05, 0) is 31.2 Å². The summed E-state index contributed by atoms with van der Waals surface area (Å²) >= 11 is 0. The zero-order valence-electron chi connectivity index (χ0n) is 11.4. The molecular weight excluding hydrogens is 220 g/mol. The molecule has 0 saturated heterocycles. The monoisotopic (exact) mass is 244 g/mol. The molecule has 1 atom stereocenters. The number of hydrogen-bond acceptors (Lipinski definition) is 1. The highest BCUT2D eigenvalue weighted by atomic mass is 16.1. The van der Waals surface area contributed by atoms with Crippen molar-refractivity contribution in [1.82, 2.24) is 0 Å². The van der Waals surface area contributed by atoms with Crippen molar-refractivity contribution in [1.29, 1.82) is 0 Å². The topological polar surface area (TPSA) is 17.1 Å². The van der Waals surface area contributed by atoms with Gasteiger partial charge in [0.05, 0.1) is 0 Å². The number of hydrogen-bond donors (Lipinski definition) is 0. The Balaban J connectivity index is 2.41. The molecule has 0 radical (unpaired) electrons. The Kier molecular flexibility index (Phi) is 7.09. The minimum absolute atomic E-state index is 0.0885. The van der Waals surface area contributed by atoms with Crippen LogP contribution in [0.4, 0.5) is 0 Å². The van der Waals surface area contributed by atoms with Crippen LogP contribution in [0.5, 0.6) is 0 Å². The van der Waals surface area contributed by atoms with Crippen molar-refractivity contribution in [3.63, 3.8) is 0 Å². The summed E-state index contributed by atoms with van der Waals surface area (Å²) in [5, 5.41) is 0. The first-order valence-electron chi connectivity index (χ1n) is 6.98. The van der Waals surface area contributed by atoms with Crippen LogP contribution in [0.25, 0.3) is 0 Å². The van der Waals surface area contributed by atoms with Crippen LogP contribution in [-0.2, 0) is 4.79 Å². The predicted octanol–water partition coefficient (Wildman–Crippen LogP) is 4.89.